The number of ether oxygens (including phenoxy) is 1. The smallest absolute Gasteiger partial charge is 0.333 e. The van der Waals surface area contributed by atoms with Crippen LogP contribution in [0.25, 0.3) is 0 Å². The summed E-state index contributed by atoms with van der Waals surface area (Å²) in [5.41, 5.74) is 0.636. The van der Waals surface area contributed by atoms with Gasteiger partial charge in [-0.25, -0.2) is 4.79 Å². The number of allylic oxidation sites excluding steroid dienone is 1. The first-order chi connectivity index (χ1) is 7.17. The van der Waals surface area contributed by atoms with E-state index in [2.05, 4.69) is 11.7 Å². The number of methoxy groups -OCH3 is 1. The number of hydrogen-bond donors (Lipinski definition) is 1. The summed E-state index contributed by atoms with van der Waals surface area (Å²) < 4.78 is 4.67. The van der Waals surface area contributed by atoms with Crippen LogP contribution in [0.3, 0.4) is 0 Å². The van der Waals surface area contributed by atoms with Crippen molar-refractivity contribution in [3.05, 3.63) is 11.6 Å². The average Bonchev–Trinajstić information content (AvgIpc) is 2.24. The van der Waals surface area contributed by atoms with E-state index in [1.54, 1.807) is 0 Å². The number of aliphatic hydroxyl groups is 1. The van der Waals surface area contributed by atoms with E-state index in [0.29, 0.717) is 17.9 Å². The van der Waals surface area contributed by atoms with E-state index in [-0.39, 0.29) is 12.1 Å². The number of aliphatic hydroxyl groups excluding tert-OH is 1. The van der Waals surface area contributed by atoms with Gasteiger partial charge in [-0.2, -0.15) is 0 Å². The number of rotatable bonds is 4. The van der Waals surface area contributed by atoms with Crippen LogP contribution in [-0.2, 0) is 9.53 Å². The predicted molar refractivity (Wildman–Crippen MR) is 58.4 cm³/mol. The zero-order chi connectivity index (χ0) is 11.3. The molecule has 1 aliphatic rings. The second-order valence-electron chi connectivity index (χ2n) is 4.18. The van der Waals surface area contributed by atoms with Crippen LogP contribution in [0.2, 0.25) is 0 Å². The first-order valence-electron chi connectivity index (χ1n) is 5.64. The highest BCUT2D eigenvalue weighted by atomic mass is 16.5. The summed E-state index contributed by atoms with van der Waals surface area (Å²) in [5.74, 6) is 0.0399. The van der Waals surface area contributed by atoms with Crippen molar-refractivity contribution in [2.45, 2.75) is 45.1 Å². The molecule has 0 aliphatic heterocycles. The van der Waals surface area contributed by atoms with Gasteiger partial charge >= 0.3 is 5.97 Å². The normalized spacial score (nSPS) is 25.9. The molecule has 0 aromatic carbocycles. The molecule has 15 heavy (non-hydrogen) atoms. The van der Waals surface area contributed by atoms with Gasteiger partial charge in [0.05, 0.1) is 13.2 Å². The second kappa shape index (κ2) is 5.91. The predicted octanol–water partition coefficient (Wildman–Crippen LogP) is 2.05. The van der Waals surface area contributed by atoms with Gasteiger partial charge in [0.2, 0.25) is 0 Å². The Kier molecular flexibility index (Phi) is 4.82. The van der Waals surface area contributed by atoms with Crippen LogP contribution < -0.4 is 0 Å². The van der Waals surface area contributed by atoms with Gasteiger partial charge < -0.3 is 9.84 Å². The maximum Gasteiger partial charge on any atom is 0.333 e. The highest BCUT2D eigenvalue weighted by Crippen LogP contribution is 2.27. The van der Waals surface area contributed by atoms with E-state index in [1.165, 1.54) is 7.11 Å². The van der Waals surface area contributed by atoms with Gasteiger partial charge in [0, 0.05) is 12.0 Å². The summed E-state index contributed by atoms with van der Waals surface area (Å²) in [7, 11) is 1.38. The third-order valence-corrected chi connectivity index (χ3v) is 2.84. The monoisotopic (exact) mass is 212 g/mol. The summed E-state index contributed by atoms with van der Waals surface area (Å²) in [6.45, 7) is 2.14. The number of hydrogen-bond acceptors (Lipinski definition) is 3. The van der Waals surface area contributed by atoms with Crippen molar-refractivity contribution in [2.75, 3.05) is 7.11 Å². The molecule has 0 aromatic rings. The lowest BCUT2D eigenvalue weighted by Crippen LogP contribution is -2.22. The summed E-state index contributed by atoms with van der Waals surface area (Å²) in [4.78, 5) is 11.3. The van der Waals surface area contributed by atoms with E-state index < -0.39 is 0 Å². The van der Waals surface area contributed by atoms with Crippen LogP contribution in [0.5, 0.6) is 0 Å². The second-order valence-corrected chi connectivity index (χ2v) is 4.18. The fourth-order valence-electron chi connectivity index (χ4n) is 2.06. The Morgan fingerprint density at radius 3 is 3.00 bits per heavy atom. The minimum atomic E-state index is -0.383. The van der Waals surface area contributed by atoms with E-state index >= 15 is 0 Å². The molecule has 2 atom stereocenters. The first kappa shape index (κ1) is 12.2. The Morgan fingerprint density at radius 1 is 1.67 bits per heavy atom. The van der Waals surface area contributed by atoms with Gasteiger partial charge in [-0.3, -0.25) is 0 Å². The van der Waals surface area contributed by atoms with Crippen molar-refractivity contribution in [2.24, 2.45) is 5.92 Å². The van der Waals surface area contributed by atoms with E-state index in [4.69, 9.17) is 0 Å². The molecule has 0 bridgehead atoms. The van der Waals surface area contributed by atoms with Gasteiger partial charge in [-0.15, -0.1) is 0 Å². The van der Waals surface area contributed by atoms with Gasteiger partial charge in [-0.1, -0.05) is 25.8 Å². The lowest BCUT2D eigenvalue weighted by Gasteiger charge is -2.24. The molecule has 3 heteroatoms. The molecule has 0 saturated carbocycles. The minimum absolute atomic E-state index is 0.296. The van der Waals surface area contributed by atoms with Gasteiger partial charge in [0.25, 0.3) is 0 Å². The zero-order valence-corrected chi connectivity index (χ0v) is 9.53. The molecule has 86 valence electrons. The van der Waals surface area contributed by atoms with Crippen LogP contribution in [0.1, 0.15) is 39.0 Å². The maximum absolute atomic E-state index is 11.3. The third-order valence-electron chi connectivity index (χ3n) is 2.84. The molecule has 0 radical (unpaired) electrons. The number of carbonyl (C=O) groups is 1. The quantitative estimate of drug-likeness (QED) is 0.725. The maximum atomic E-state index is 11.3. The molecule has 0 amide bonds. The molecule has 3 nitrogen and oxygen atoms in total. The fraction of sp³-hybridized carbons (Fsp3) is 0.750. The molecule has 0 saturated heterocycles. The Morgan fingerprint density at radius 2 is 2.40 bits per heavy atom. The minimum Gasteiger partial charge on any atom is -0.466 e. The molecule has 0 aromatic heterocycles. The van der Waals surface area contributed by atoms with E-state index in [0.717, 1.165) is 25.7 Å². The van der Waals surface area contributed by atoms with Crippen LogP contribution >= 0.6 is 0 Å². The number of esters is 1. The lowest BCUT2D eigenvalue weighted by molar-refractivity contribution is -0.136. The molecular weight excluding hydrogens is 192 g/mol. The average molecular weight is 212 g/mol. The van der Waals surface area contributed by atoms with E-state index in [1.807, 2.05) is 6.08 Å². The Bertz CT molecular complexity index is 245. The highest BCUT2D eigenvalue weighted by molar-refractivity contribution is 5.88. The third kappa shape index (κ3) is 3.67. The molecule has 1 aliphatic carbocycles. The Balaban J connectivity index is 2.61. The van der Waals surface area contributed by atoms with Crippen LogP contribution in [-0.4, -0.2) is 24.3 Å². The molecule has 0 heterocycles. The van der Waals surface area contributed by atoms with Gasteiger partial charge in [0.15, 0.2) is 0 Å². The van der Waals surface area contributed by atoms with Crippen LogP contribution in [0, 0.1) is 5.92 Å². The topological polar surface area (TPSA) is 46.5 Å². The summed E-state index contributed by atoms with van der Waals surface area (Å²) in [5, 5.41) is 9.65. The van der Waals surface area contributed by atoms with Gasteiger partial charge in [-0.05, 0) is 18.8 Å². The summed E-state index contributed by atoms with van der Waals surface area (Å²) in [6, 6.07) is 0. The molecule has 1 N–H and O–H groups in total. The van der Waals surface area contributed by atoms with Crippen molar-refractivity contribution in [3.8, 4) is 0 Å². The zero-order valence-electron chi connectivity index (χ0n) is 9.53. The van der Waals surface area contributed by atoms with Crippen molar-refractivity contribution < 1.29 is 14.6 Å². The highest BCUT2D eigenvalue weighted by Gasteiger charge is 2.24. The standard InChI is InChI=1S/C12H20O3/c1-3-4-5-9-6-10(12(14)15-2)8-11(13)7-9/h6,9,11,13H,3-5,7-8H2,1-2H3/t9-,11+/m1/s1. The lowest BCUT2D eigenvalue weighted by atomic mass is 9.85. The van der Waals surface area contributed by atoms with Crippen molar-refractivity contribution in [1.29, 1.82) is 0 Å². The molecule has 0 unspecified atom stereocenters. The summed E-state index contributed by atoms with van der Waals surface area (Å²) >= 11 is 0. The van der Waals surface area contributed by atoms with Crippen LogP contribution in [0.15, 0.2) is 11.6 Å². The largest absolute Gasteiger partial charge is 0.466 e. The summed E-state index contributed by atoms with van der Waals surface area (Å²) in [6.07, 6.45) is 6.15. The van der Waals surface area contributed by atoms with E-state index in [9.17, 15) is 9.90 Å². The molecule has 0 spiro atoms. The van der Waals surface area contributed by atoms with Gasteiger partial charge in [0.1, 0.15) is 0 Å². The van der Waals surface area contributed by atoms with Crippen molar-refractivity contribution >= 4 is 5.97 Å². The fourth-order valence-corrected chi connectivity index (χ4v) is 2.06. The van der Waals surface area contributed by atoms with Crippen LogP contribution in [0.4, 0.5) is 0 Å². The Labute approximate surface area is 91.1 Å². The molecule has 1 rings (SSSR count). The molecule has 0 fully saturated rings. The molecular formula is C12H20O3. The Hall–Kier alpha value is -0.830. The SMILES string of the molecule is CCCC[C@@H]1C=C(C(=O)OC)C[C@@H](O)C1. The number of unbranched alkanes of at least 4 members (excludes halogenated alkanes) is 1. The van der Waals surface area contributed by atoms with Crippen molar-refractivity contribution in [1.82, 2.24) is 0 Å². The van der Waals surface area contributed by atoms with Crippen molar-refractivity contribution in [3.63, 3.8) is 0 Å². The number of carbonyl (C=O) groups excluding carboxylic acids is 1. The first-order valence-corrected chi connectivity index (χ1v) is 5.64.